The van der Waals surface area contributed by atoms with Crippen LogP contribution in [0.4, 0.5) is 5.69 Å². The maximum atomic E-state index is 12.6. The number of carbonyl (C=O) groups is 1. The van der Waals surface area contributed by atoms with Gasteiger partial charge in [0.25, 0.3) is 11.6 Å². The first-order valence-electron chi connectivity index (χ1n) is 6.66. The van der Waals surface area contributed by atoms with Crippen LogP contribution in [0, 0.1) is 17.0 Å². The van der Waals surface area contributed by atoms with E-state index in [4.69, 9.17) is 11.6 Å². The minimum Gasteiger partial charge on any atom is -0.334 e. The van der Waals surface area contributed by atoms with Crippen LogP contribution in [0.2, 0.25) is 0 Å². The van der Waals surface area contributed by atoms with Gasteiger partial charge in [0.1, 0.15) is 0 Å². The van der Waals surface area contributed by atoms with Crippen molar-refractivity contribution in [2.24, 2.45) is 0 Å². The first kappa shape index (κ1) is 14.8. The molecule has 1 saturated carbocycles. The Morgan fingerprint density at radius 2 is 2.20 bits per heavy atom. The van der Waals surface area contributed by atoms with Crippen molar-refractivity contribution in [3.8, 4) is 0 Å². The maximum absolute atomic E-state index is 12.6. The van der Waals surface area contributed by atoms with Gasteiger partial charge in [0.05, 0.1) is 4.92 Å². The third kappa shape index (κ3) is 2.93. The number of nitro benzene ring substituents is 1. The molecule has 1 aromatic rings. The number of non-ortho nitro benzene ring substituents is 1. The number of alkyl halides is 1. The molecule has 0 aromatic heterocycles. The predicted octanol–water partition coefficient (Wildman–Crippen LogP) is 3.14. The zero-order chi connectivity index (χ0) is 14.7. The topological polar surface area (TPSA) is 63.5 Å². The number of hydrogen-bond acceptors (Lipinski definition) is 3. The Kier molecular flexibility index (Phi) is 4.60. The van der Waals surface area contributed by atoms with Crippen LogP contribution in [0.3, 0.4) is 0 Å². The number of aryl methyl sites for hydroxylation is 1. The number of nitrogens with zero attached hydrogens (tertiary/aromatic N) is 2. The van der Waals surface area contributed by atoms with Crippen molar-refractivity contribution in [2.75, 3.05) is 12.4 Å². The van der Waals surface area contributed by atoms with E-state index in [1.54, 1.807) is 17.9 Å². The molecule has 20 heavy (non-hydrogen) atoms. The van der Waals surface area contributed by atoms with Crippen LogP contribution in [0.1, 0.15) is 35.2 Å². The smallest absolute Gasteiger partial charge is 0.270 e. The van der Waals surface area contributed by atoms with Gasteiger partial charge < -0.3 is 4.90 Å². The molecule has 0 unspecified atom stereocenters. The average Bonchev–Trinajstić information content (AvgIpc) is 2.35. The number of halogens is 1. The first-order valence-corrected chi connectivity index (χ1v) is 7.20. The van der Waals surface area contributed by atoms with Crippen molar-refractivity contribution in [2.45, 2.75) is 32.2 Å². The second kappa shape index (κ2) is 6.22. The monoisotopic (exact) mass is 296 g/mol. The molecular formula is C14H17ClN2O3. The lowest BCUT2D eigenvalue weighted by Gasteiger charge is -2.37. The third-order valence-electron chi connectivity index (χ3n) is 3.76. The van der Waals surface area contributed by atoms with Crippen molar-refractivity contribution >= 4 is 23.2 Å². The van der Waals surface area contributed by atoms with E-state index >= 15 is 0 Å². The summed E-state index contributed by atoms with van der Waals surface area (Å²) in [5, 5.41) is 10.8. The SMILES string of the molecule is Cc1ccc([N+](=O)[O-])cc1C(=O)N(CCCl)C1CCC1. The highest BCUT2D eigenvalue weighted by Gasteiger charge is 2.30. The van der Waals surface area contributed by atoms with Gasteiger partial charge >= 0.3 is 0 Å². The molecule has 0 atom stereocenters. The van der Waals surface area contributed by atoms with Gasteiger partial charge in [0.15, 0.2) is 0 Å². The second-order valence-electron chi connectivity index (χ2n) is 5.03. The average molecular weight is 297 g/mol. The summed E-state index contributed by atoms with van der Waals surface area (Å²) in [5.74, 6) is 0.215. The van der Waals surface area contributed by atoms with Crippen molar-refractivity contribution in [3.05, 3.63) is 39.4 Å². The van der Waals surface area contributed by atoms with E-state index in [0.717, 1.165) is 24.8 Å². The highest BCUT2D eigenvalue weighted by atomic mass is 35.5. The van der Waals surface area contributed by atoms with Crippen LogP contribution in [0.5, 0.6) is 0 Å². The molecule has 1 aliphatic carbocycles. The van der Waals surface area contributed by atoms with E-state index in [2.05, 4.69) is 0 Å². The first-order chi connectivity index (χ1) is 9.54. The quantitative estimate of drug-likeness (QED) is 0.476. The lowest BCUT2D eigenvalue weighted by molar-refractivity contribution is -0.384. The van der Waals surface area contributed by atoms with Crippen molar-refractivity contribution in [1.82, 2.24) is 4.90 Å². The van der Waals surface area contributed by atoms with Gasteiger partial charge in [-0.2, -0.15) is 0 Å². The van der Waals surface area contributed by atoms with Gasteiger partial charge in [-0.05, 0) is 31.7 Å². The molecule has 0 aliphatic heterocycles. The molecule has 1 amide bonds. The zero-order valence-corrected chi connectivity index (χ0v) is 12.1. The lowest BCUT2D eigenvalue weighted by Crippen LogP contribution is -2.45. The fourth-order valence-electron chi connectivity index (χ4n) is 2.35. The molecule has 2 rings (SSSR count). The Hall–Kier alpha value is -1.62. The molecule has 0 saturated heterocycles. The summed E-state index contributed by atoms with van der Waals surface area (Å²) in [7, 11) is 0. The number of carbonyl (C=O) groups excluding carboxylic acids is 1. The Balaban J connectivity index is 2.30. The predicted molar refractivity (Wildman–Crippen MR) is 77.2 cm³/mol. The third-order valence-corrected chi connectivity index (χ3v) is 3.93. The Morgan fingerprint density at radius 3 is 2.70 bits per heavy atom. The normalized spacial score (nSPS) is 14.7. The van der Waals surface area contributed by atoms with Crippen LogP contribution >= 0.6 is 11.6 Å². The number of rotatable bonds is 5. The Morgan fingerprint density at radius 1 is 1.50 bits per heavy atom. The fourth-order valence-corrected chi connectivity index (χ4v) is 2.53. The molecule has 1 aromatic carbocycles. The van der Waals surface area contributed by atoms with E-state index in [-0.39, 0.29) is 17.6 Å². The van der Waals surface area contributed by atoms with E-state index in [9.17, 15) is 14.9 Å². The van der Waals surface area contributed by atoms with Crippen LogP contribution in [0.15, 0.2) is 18.2 Å². The highest BCUT2D eigenvalue weighted by molar-refractivity contribution is 6.18. The van der Waals surface area contributed by atoms with E-state index in [1.165, 1.54) is 12.1 Å². The van der Waals surface area contributed by atoms with Gasteiger partial charge in [-0.25, -0.2) is 0 Å². The molecule has 0 N–H and O–H groups in total. The van der Waals surface area contributed by atoms with Crippen molar-refractivity contribution < 1.29 is 9.72 Å². The fraction of sp³-hybridized carbons (Fsp3) is 0.500. The van der Waals surface area contributed by atoms with Crippen molar-refractivity contribution in [3.63, 3.8) is 0 Å². The van der Waals surface area contributed by atoms with E-state index < -0.39 is 4.92 Å². The summed E-state index contributed by atoms with van der Waals surface area (Å²) in [6.45, 7) is 2.27. The molecule has 1 fully saturated rings. The van der Waals surface area contributed by atoms with Gasteiger partial charge in [-0.3, -0.25) is 14.9 Å². The van der Waals surface area contributed by atoms with Gasteiger partial charge in [-0.15, -0.1) is 11.6 Å². The number of amides is 1. The molecule has 1 aliphatic rings. The molecule has 0 spiro atoms. The minimum atomic E-state index is -0.481. The molecule has 0 radical (unpaired) electrons. The largest absolute Gasteiger partial charge is 0.334 e. The lowest BCUT2D eigenvalue weighted by atomic mass is 9.90. The molecule has 6 heteroatoms. The molecule has 108 valence electrons. The van der Waals surface area contributed by atoms with Gasteiger partial charge in [-0.1, -0.05) is 6.07 Å². The molecule has 0 bridgehead atoms. The Bertz CT molecular complexity index is 529. The zero-order valence-electron chi connectivity index (χ0n) is 11.3. The highest BCUT2D eigenvalue weighted by Crippen LogP contribution is 2.27. The number of hydrogen-bond donors (Lipinski definition) is 0. The van der Waals surface area contributed by atoms with Crippen LogP contribution in [-0.4, -0.2) is 34.2 Å². The second-order valence-corrected chi connectivity index (χ2v) is 5.41. The van der Waals surface area contributed by atoms with Crippen LogP contribution in [-0.2, 0) is 0 Å². The summed E-state index contributed by atoms with van der Waals surface area (Å²) in [4.78, 5) is 24.7. The molecule has 5 nitrogen and oxygen atoms in total. The van der Waals surface area contributed by atoms with Gasteiger partial charge in [0.2, 0.25) is 0 Å². The van der Waals surface area contributed by atoms with Crippen LogP contribution in [0.25, 0.3) is 0 Å². The Labute approximate surface area is 122 Å². The van der Waals surface area contributed by atoms with E-state index in [1.807, 2.05) is 0 Å². The number of nitro groups is 1. The standard InChI is InChI=1S/C14H17ClN2O3/c1-10-5-6-12(17(19)20)9-13(10)14(18)16(8-7-15)11-3-2-4-11/h5-6,9,11H,2-4,7-8H2,1H3. The summed E-state index contributed by atoms with van der Waals surface area (Å²) in [6.07, 6.45) is 3.08. The van der Waals surface area contributed by atoms with E-state index in [0.29, 0.717) is 18.0 Å². The number of benzene rings is 1. The van der Waals surface area contributed by atoms with Crippen molar-refractivity contribution in [1.29, 1.82) is 0 Å². The van der Waals surface area contributed by atoms with Gasteiger partial charge in [0, 0.05) is 36.2 Å². The minimum absolute atomic E-state index is 0.0571. The van der Waals surface area contributed by atoms with Crippen LogP contribution < -0.4 is 0 Å². The maximum Gasteiger partial charge on any atom is 0.270 e. The molecular weight excluding hydrogens is 280 g/mol. The summed E-state index contributed by atoms with van der Waals surface area (Å²) in [5.41, 5.74) is 1.09. The molecule has 0 heterocycles. The summed E-state index contributed by atoms with van der Waals surface area (Å²) >= 11 is 5.77. The summed E-state index contributed by atoms with van der Waals surface area (Å²) < 4.78 is 0. The summed E-state index contributed by atoms with van der Waals surface area (Å²) in [6, 6.07) is 4.61.